The highest BCUT2D eigenvalue weighted by atomic mass is 19.3. The van der Waals surface area contributed by atoms with Gasteiger partial charge in [-0.25, -0.2) is 41.1 Å². The highest BCUT2D eigenvalue weighted by molar-refractivity contribution is 5.84. The lowest BCUT2D eigenvalue weighted by Gasteiger charge is -2.19. The number of fused-ring (bicyclic) bond motifs is 2. The van der Waals surface area contributed by atoms with Gasteiger partial charge < -0.3 is 10.5 Å². The van der Waals surface area contributed by atoms with Crippen LogP contribution in [0.5, 0.6) is 0 Å². The van der Waals surface area contributed by atoms with E-state index in [9.17, 15) is 40.7 Å². The van der Waals surface area contributed by atoms with E-state index < -0.39 is 70.0 Å². The van der Waals surface area contributed by atoms with Crippen molar-refractivity contribution in [3.8, 4) is 0 Å². The Hall–Kier alpha value is -4.63. The van der Waals surface area contributed by atoms with E-state index in [1.54, 1.807) is 20.8 Å². The monoisotopic (exact) mass is 558 g/mol. The van der Waals surface area contributed by atoms with Gasteiger partial charge in [0.25, 0.3) is 24.0 Å². The molecule has 0 atom stereocenters. The van der Waals surface area contributed by atoms with E-state index in [0.29, 0.717) is 12.1 Å². The Kier molecular flexibility index (Phi) is 8.16. The highest BCUT2D eigenvalue weighted by Gasteiger charge is 2.19. The molecule has 0 spiro atoms. The first-order chi connectivity index (χ1) is 18.1. The fourth-order valence-corrected chi connectivity index (χ4v) is 3.09. The number of aromatic nitrogens is 4. The van der Waals surface area contributed by atoms with Crippen LogP contribution in [0.1, 0.15) is 45.0 Å². The van der Waals surface area contributed by atoms with Gasteiger partial charge >= 0.3 is 6.09 Å². The third-order valence-electron chi connectivity index (χ3n) is 4.59. The number of rotatable bonds is 3. The summed E-state index contributed by atoms with van der Waals surface area (Å²) in [4.78, 5) is 41.6. The zero-order valence-electron chi connectivity index (χ0n) is 20.4. The summed E-state index contributed by atoms with van der Waals surface area (Å²) in [7, 11) is 0. The van der Waals surface area contributed by atoms with Crippen molar-refractivity contribution in [2.24, 2.45) is 0 Å². The molecule has 4 rings (SSSR count). The second-order valence-electron chi connectivity index (χ2n) is 8.85. The van der Waals surface area contributed by atoms with E-state index in [2.05, 4.69) is 15.3 Å². The minimum atomic E-state index is -2.99. The number of carbonyl (C=O) groups excluding carboxylic acids is 1. The molecule has 0 radical (unpaired) electrons. The van der Waals surface area contributed by atoms with Crippen molar-refractivity contribution in [2.75, 3.05) is 11.1 Å². The molecular formula is C23H20F6N6O4. The SMILES string of the molecule is CC(C)(C)OC(=O)Nc1cc(F)c2nc(C(F)F)cc(=O)n2c1.Nc1cc(F)c2nc(C(F)F)cc(=O)n2c1. The first-order valence-corrected chi connectivity index (χ1v) is 10.8. The summed E-state index contributed by atoms with van der Waals surface area (Å²) in [6, 6.07) is 3.03. The average Bonchev–Trinajstić information content (AvgIpc) is 2.79. The number of nitrogens with one attached hydrogen (secondary N) is 1. The standard InChI is InChI=1S/C14H14F3N3O3.C9H6F3N3O/c1-14(2,3)23-13(22)18-7-4-8(15)12-19-9(11(16)17)5-10(21)20(12)6-7;10-5-1-4(13)3-15-7(16)2-6(8(11)12)14-9(5)15/h4-6,11H,1-3H3,(H,18,22);1-3,8H,13H2. The summed E-state index contributed by atoms with van der Waals surface area (Å²) in [5.41, 5.74) is 0.218. The van der Waals surface area contributed by atoms with E-state index in [0.717, 1.165) is 33.3 Å². The average molecular weight is 558 g/mol. The Labute approximate surface area is 214 Å². The number of ether oxygens (including phenoxy) is 1. The Morgan fingerprint density at radius 3 is 1.79 bits per heavy atom. The molecule has 0 saturated carbocycles. The van der Waals surface area contributed by atoms with Crippen LogP contribution in [0.25, 0.3) is 11.3 Å². The van der Waals surface area contributed by atoms with Crippen LogP contribution in [-0.2, 0) is 4.74 Å². The molecule has 4 aromatic rings. The molecule has 0 aliphatic rings. The first kappa shape index (κ1) is 28.9. The van der Waals surface area contributed by atoms with Gasteiger partial charge in [-0.3, -0.25) is 23.7 Å². The number of nitrogens with zero attached hydrogens (tertiary/aromatic N) is 4. The van der Waals surface area contributed by atoms with Gasteiger partial charge in [0.15, 0.2) is 22.9 Å². The largest absolute Gasteiger partial charge is 0.444 e. The number of amides is 1. The van der Waals surface area contributed by atoms with Crippen molar-refractivity contribution < 1.29 is 35.9 Å². The minimum Gasteiger partial charge on any atom is -0.444 e. The van der Waals surface area contributed by atoms with Crippen LogP contribution in [0.4, 0.5) is 42.5 Å². The molecule has 4 heterocycles. The molecule has 10 nitrogen and oxygen atoms in total. The number of nitrogens with two attached hydrogens (primary N) is 1. The van der Waals surface area contributed by atoms with Crippen LogP contribution < -0.4 is 22.2 Å². The minimum absolute atomic E-state index is 0.0127. The summed E-state index contributed by atoms with van der Waals surface area (Å²) in [6.07, 6.45) is -4.56. The normalized spacial score (nSPS) is 11.6. The maximum Gasteiger partial charge on any atom is 0.412 e. The highest BCUT2D eigenvalue weighted by Crippen LogP contribution is 2.20. The fraction of sp³-hybridized carbons (Fsp3) is 0.261. The molecule has 16 heteroatoms. The van der Waals surface area contributed by atoms with Crippen molar-refractivity contribution in [1.82, 2.24) is 18.8 Å². The van der Waals surface area contributed by atoms with Gasteiger partial charge in [0.1, 0.15) is 17.0 Å². The van der Waals surface area contributed by atoms with Crippen molar-refractivity contribution in [2.45, 2.75) is 39.2 Å². The van der Waals surface area contributed by atoms with Crippen molar-refractivity contribution in [3.05, 3.63) is 80.4 Å². The number of nitrogen functional groups attached to an aromatic ring is 1. The number of carbonyl (C=O) groups is 1. The fourth-order valence-electron chi connectivity index (χ4n) is 3.09. The molecule has 0 aromatic carbocycles. The predicted molar refractivity (Wildman–Crippen MR) is 127 cm³/mol. The quantitative estimate of drug-likeness (QED) is 0.355. The van der Waals surface area contributed by atoms with Gasteiger partial charge in [0, 0.05) is 36.7 Å². The van der Waals surface area contributed by atoms with E-state index in [1.165, 1.54) is 0 Å². The van der Waals surface area contributed by atoms with Gasteiger partial charge in [-0.1, -0.05) is 0 Å². The molecular weight excluding hydrogens is 538 g/mol. The molecule has 0 aliphatic carbocycles. The predicted octanol–water partition coefficient (Wildman–Crippen LogP) is 4.47. The van der Waals surface area contributed by atoms with Gasteiger partial charge in [-0.2, -0.15) is 0 Å². The number of halogens is 6. The Balaban J connectivity index is 0.000000230. The topological polar surface area (TPSA) is 133 Å². The number of alkyl halides is 4. The first-order valence-electron chi connectivity index (χ1n) is 10.8. The molecule has 0 aliphatic heterocycles. The Morgan fingerprint density at radius 2 is 1.33 bits per heavy atom. The van der Waals surface area contributed by atoms with Gasteiger partial charge in [0.2, 0.25) is 0 Å². The lowest BCUT2D eigenvalue weighted by atomic mass is 10.2. The molecule has 0 saturated heterocycles. The maximum absolute atomic E-state index is 14.0. The van der Waals surface area contributed by atoms with Crippen molar-refractivity contribution in [1.29, 1.82) is 0 Å². The number of hydrogen-bond acceptors (Lipinski definition) is 7. The van der Waals surface area contributed by atoms with Crippen LogP contribution >= 0.6 is 0 Å². The van der Waals surface area contributed by atoms with Crippen LogP contribution in [-0.4, -0.2) is 30.5 Å². The van der Waals surface area contributed by atoms with Crippen molar-refractivity contribution >= 4 is 28.8 Å². The van der Waals surface area contributed by atoms with Crippen LogP contribution in [0.3, 0.4) is 0 Å². The molecule has 39 heavy (non-hydrogen) atoms. The maximum atomic E-state index is 14.0. The van der Waals surface area contributed by atoms with Gasteiger partial charge in [0.05, 0.1) is 11.4 Å². The second-order valence-corrected chi connectivity index (χ2v) is 8.85. The molecule has 0 unspecified atom stereocenters. The summed E-state index contributed by atoms with van der Waals surface area (Å²) >= 11 is 0. The summed E-state index contributed by atoms with van der Waals surface area (Å²) in [6.45, 7) is 4.94. The number of pyridine rings is 2. The van der Waals surface area contributed by atoms with E-state index in [4.69, 9.17) is 10.5 Å². The third kappa shape index (κ3) is 7.03. The summed E-state index contributed by atoms with van der Waals surface area (Å²) in [5, 5.41) is 2.26. The van der Waals surface area contributed by atoms with Crippen molar-refractivity contribution in [3.63, 3.8) is 0 Å². The lowest BCUT2D eigenvalue weighted by molar-refractivity contribution is 0.0635. The second kappa shape index (κ2) is 11.0. The molecule has 3 N–H and O–H groups in total. The Morgan fingerprint density at radius 1 is 0.872 bits per heavy atom. The van der Waals surface area contributed by atoms with Crippen LogP contribution in [0.2, 0.25) is 0 Å². The van der Waals surface area contributed by atoms with E-state index in [1.807, 2.05) is 0 Å². The third-order valence-corrected chi connectivity index (χ3v) is 4.59. The molecule has 4 aromatic heterocycles. The lowest BCUT2D eigenvalue weighted by Crippen LogP contribution is -2.27. The summed E-state index contributed by atoms with van der Waals surface area (Å²) in [5.74, 6) is -1.95. The van der Waals surface area contributed by atoms with Crippen LogP contribution in [0.15, 0.2) is 46.2 Å². The Bertz CT molecular complexity index is 1670. The van der Waals surface area contributed by atoms with Crippen LogP contribution in [0, 0.1) is 11.6 Å². The van der Waals surface area contributed by atoms with E-state index in [-0.39, 0.29) is 11.4 Å². The molecule has 208 valence electrons. The smallest absolute Gasteiger partial charge is 0.412 e. The molecule has 0 bridgehead atoms. The zero-order chi connectivity index (χ0) is 29.2. The van der Waals surface area contributed by atoms with Gasteiger partial charge in [-0.05, 0) is 20.8 Å². The zero-order valence-corrected chi connectivity index (χ0v) is 20.4. The van der Waals surface area contributed by atoms with E-state index >= 15 is 0 Å². The molecule has 1 amide bonds. The number of hydrogen-bond donors (Lipinski definition) is 2. The number of anilines is 2. The summed E-state index contributed by atoms with van der Waals surface area (Å²) < 4.78 is 83.7. The van der Waals surface area contributed by atoms with Gasteiger partial charge in [-0.15, -0.1) is 0 Å². The molecule has 0 fully saturated rings.